The quantitative estimate of drug-likeness (QED) is 0.310. The number of carbonyl (C=O) groups excluding carboxylic acids is 1. The average Bonchev–Trinajstić information content (AvgIpc) is 2.85. The molecule has 1 amide bonds. The second-order valence-electron chi connectivity index (χ2n) is 7.40. The van der Waals surface area contributed by atoms with Crippen LogP contribution < -0.4 is 14.4 Å². The van der Waals surface area contributed by atoms with E-state index in [1.807, 2.05) is 18.2 Å². The van der Waals surface area contributed by atoms with Crippen molar-refractivity contribution in [3.63, 3.8) is 0 Å². The summed E-state index contributed by atoms with van der Waals surface area (Å²) in [5.41, 5.74) is 0.553. The van der Waals surface area contributed by atoms with Gasteiger partial charge in [0.05, 0.1) is 16.3 Å². The van der Waals surface area contributed by atoms with Gasteiger partial charge in [-0.25, -0.2) is 12.8 Å². The number of benzene rings is 4. The molecule has 4 aromatic rings. The number of para-hydroxylation sites is 2. The van der Waals surface area contributed by atoms with E-state index in [9.17, 15) is 17.6 Å². The lowest BCUT2D eigenvalue weighted by molar-refractivity contribution is -0.114. The van der Waals surface area contributed by atoms with Crippen molar-refractivity contribution in [2.75, 3.05) is 16.2 Å². The number of anilines is 2. The van der Waals surface area contributed by atoms with Gasteiger partial charge >= 0.3 is 0 Å². The third-order valence-electron chi connectivity index (χ3n) is 4.92. The van der Waals surface area contributed by atoms with Gasteiger partial charge in [-0.05, 0) is 66.7 Å². The van der Waals surface area contributed by atoms with E-state index in [0.29, 0.717) is 16.5 Å². The predicted octanol–water partition coefficient (Wildman–Crippen LogP) is 6.11. The van der Waals surface area contributed by atoms with Gasteiger partial charge in [0, 0.05) is 5.02 Å². The van der Waals surface area contributed by atoms with Crippen molar-refractivity contribution in [2.24, 2.45) is 0 Å². The molecule has 0 atom stereocenters. The fourth-order valence-corrected chi connectivity index (χ4v) is 4.86. The minimum atomic E-state index is -4.18. The molecular formula is C26H20ClFN2O4S. The van der Waals surface area contributed by atoms with Crippen LogP contribution in [0.1, 0.15) is 0 Å². The molecule has 0 bridgehead atoms. The van der Waals surface area contributed by atoms with Crippen LogP contribution in [0.15, 0.2) is 108 Å². The molecule has 0 unspecified atom stereocenters. The Morgan fingerprint density at radius 2 is 1.51 bits per heavy atom. The van der Waals surface area contributed by atoms with Crippen LogP contribution in [0.25, 0.3) is 0 Å². The maximum absolute atomic E-state index is 13.4. The molecule has 4 rings (SSSR count). The maximum Gasteiger partial charge on any atom is 0.264 e. The molecule has 178 valence electrons. The zero-order valence-corrected chi connectivity index (χ0v) is 19.8. The summed E-state index contributed by atoms with van der Waals surface area (Å²) < 4.78 is 46.9. The van der Waals surface area contributed by atoms with Crippen molar-refractivity contribution in [3.8, 4) is 11.5 Å². The minimum absolute atomic E-state index is 0.147. The van der Waals surface area contributed by atoms with E-state index in [0.717, 1.165) is 28.6 Å². The molecule has 0 radical (unpaired) electrons. The molecule has 0 heterocycles. The summed E-state index contributed by atoms with van der Waals surface area (Å²) >= 11 is 6.13. The Morgan fingerprint density at radius 1 is 0.886 bits per heavy atom. The first-order chi connectivity index (χ1) is 16.8. The van der Waals surface area contributed by atoms with E-state index in [1.54, 1.807) is 54.6 Å². The van der Waals surface area contributed by atoms with Crippen LogP contribution in [-0.4, -0.2) is 20.9 Å². The van der Waals surface area contributed by atoms with E-state index < -0.39 is 28.3 Å². The Labute approximate surface area is 207 Å². The Balaban J connectivity index is 1.62. The lowest BCUT2D eigenvalue weighted by Crippen LogP contribution is -2.38. The van der Waals surface area contributed by atoms with Crippen LogP contribution in [0.2, 0.25) is 5.02 Å². The molecule has 0 aliphatic carbocycles. The van der Waals surface area contributed by atoms with Gasteiger partial charge in [0.2, 0.25) is 5.91 Å². The highest BCUT2D eigenvalue weighted by molar-refractivity contribution is 7.92. The van der Waals surface area contributed by atoms with Gasteiger partial charge < -0.3 is 10.1 Å². The molecule has 0 saturated heterocycles. The fraction of sp³-hybridized carbons (Fsp3) is 0.0385. The van der Waals surface area contributed by atoms with E-state index in [1.165, 1.54) is 6.07 Å². The molecule has 0 spiro atoms. The number of rotatable bonds is 8. The van der Waals surface area contributed by atoms with E-state index in [-0.39, 0.29) is 16.3 Å². The highest BCUT2D eigenvalue weighted by Crippen LogP contribution is 2.32. The molecule has 0 saturated carbocycles. The van der Waals surface area contributed by atoms with Crippen LogP contribution in [0.4, 0.5) is 15.8 Å². The van der Waals surface area contributed by atoms with Crippen molar-refractivity contribution >= 4 is 38.9 Å². The molecule has 0 aliphatic heterocycles. The van der Waals surface area contributed by atoms with E-state index in [2.05, 4.69) is 5.32 Å². The van der Waals surface area contributed by atoms with Gasteiger partial charge in [-0.1, -0.05) is 48.0 Å². The Bertz CT molecular complexity index is 1420. The summed E-state index contributed by atoms with van der Waals surface area (Å²) in [6.45, 7) is -0.541. The van der Waals surface area contributed by atoms with Crippen LogP contribution in [0.5, 0.6) is 11.5 Å². The van der Waals surface area contributed by atoms with Gasteiger partial charge in [0.1, 0.15) is 18.1 Å². The second kappa shape index (κ2) is 10.6. The van der Waals surface area contributed by atoms with Crippen molar-refractivity contribution in [2.45, 2.75) is 4.90 Å². The lowest BCUT2D eigenvalue weighted by atomic mass is 10.2. The van der Waals surface area contributed by atoms with Gasteiger partial charge in [-0.15, -0.1) is 0 Å². The van der Waals surface area contributed by atoms with Crippen molar-refractivity contribution in [3.05, 3.63) is 114 Å². The predicted molar refractivity (Wildman–Crippen MR) is 134 cm³/mol. The SMILES string of the molecule is O=C(CN(c1ccccc1)S(=O)(=O)c1ccc(F)cc1)Nc1cc(Cl)ccc1Oc1ccccc1. The number of ether oxygens (including phenoxy) is 1. The van der Waals surface area contributed by atoms with Crippen LogP contribution >= 0.6 is 11.6 Å². The van der Waals surface area contributed by atoms with Crippen LogP contribution in [0.3, 0.4) is 0 Å². The summed E-state index contributed by atoms with van der Waals surface area (Å²) in [6.07, 6.45) is 0. The number of sulfonamides is 1. The molecule has 0 aliphatic rings. The van der Waals surface area contributed by atoms with Crippen LogP contribution in [0, 0.1) is 5.82 Å². The Morgan fingerprint density at radius 3 is 2.17 bits per heavy atom. The van der Waals surface area contributed by atoms with Crippen molar-refractivity contribution < 1.29 is 22.3 Å². The smallest absolute Gasteiger partial charge is 0.264 e. The Hall–Kier alpha value is -3.88. The second-order valence-corrected chi connectivity index (χ2v) is 9.70. The van der Waals surface area contributed by atoms with Gasteiger partial charge in [-0.3, -0.25) is 9.10 Å². The normalized spacial score (nSPS) is 11.0. The molecule has 35 heavy (non-hydrogen) atoms. The molecule has 1 N–H and O–H groups in total. The average molecular weight is 511 g/mol. The molecular weight excluding hydrogens is 491 g/mol. The first-order valence-electron chi connectivity index (χ1n) is 10.5. The number of nitrogens with zero attached hydrogens (tertiary/aromatic N) is 1. The number of hydrogen-bond donors (Lipinski definition) is 1. The molecule has 9 heteroatoms. The zero-order chi connectivity index (χ0) is 24.8. The number of amides is 1. The molecule has 6 nitrogen and oxygen atoms in total. The largest absolute Gasteiger partial charge is 0.455 e. The van der Waals surface area contributed by atoms with Gasteiger partial charge in [0.15, 0.2) is 5.75 Å². The lowest BCUT2D eigenvalue weighted by Gasteiger charge is -2.24. The Kier molecular flexibility index (Phi) is 7.33. The van der Waals surface area contributed by atoms with Gasteiger partial charge in [0.25, 0.3) is 10.0 Å². The number of halogens is 2. The summed E-state index contributed by atoms with van der Waals surface area (Å²) in [4.78, 5) is 12.9. The summed E-state index contributed by atoms with van der Waals surface area (Å²) in [7, 11) is -4.18. The number of hydrogen-bond acceptors (Lipinski definition) is 4. The number of nitrogens with one attached hydrogen (secondary N) is 1. The summed E-state index contributed by atoms with van der Waals surface area (Å²) in [5, 5.41) is 3.05. The van der Waals surface area contributed by atoms with Crippen molar-refractivity contribution in [1.29, 1.82) is 0 Å². The third kappa shape index (κ3) is 5.98. The third-order valence-corrected chi connectivity index (χ3v) is 6.94. The molecule has 0 fully saturated rings. The highest BCUT2D eigenvalue weighted by Gasteiger charge is 2.27. The zero-order valence-electron chi connectivity index (χ0n) is 18.3. The highest BCUT2D eigenvalue weighted by atomic mass is 35.5. The summed E-state index contributed by atoms with van der Waals surface area (Å²) in [5.74, 6) is -0.309. The summed E-state index contributed by atoms with van der Waals surface area (Å²) in [6, 6.07) is 26.3. The maximum atomic E-state index is 13.4. The minimum Gasteiger partial charge on any atom is -0.455 e. The fourth-order valence-electron chi connectivity index (χ4n) is 3.27. The van der Waals surface area contributed by atoms with E-state index in [4.69, 9.17) is 16.3 Å². The monoisotopic (exact) mass is 510 g/mol. The van der Waals surface area contributed by atoms with Gasteiger partial charge in [-0.2, -0.15) is 0 Å². The first-order valence-corrected chi connectivity index (χ1v) is 12.3. The first kappa shape index (κ1) is 24.3. The molecule has 4 aromatic carbocycles. The van der Waals surface area contributed by atoms with E-state index >= 15 is 0 Å². The number of carbonyl (C=O) groups is 1. The molecule has 0 aromatic heterocycles. The topological polar surface area (TPSA) is 75.7 Å². The van der Waals surface area contributed by atoms with Crippen LogP contribution in [-0.2, 0) is 14.8 Å². The van der Waals surface area contributed by atoms with Crippen molar-refractivity contribution in [1.82, 2.24) is 0 Å². The standard InChI is InChI=1S/C26H20ClFN2O4S/c27-19-11-16-25(34-22-9-5-2-6-10-22)24(17-19)29-26(31)18-30(21-7-3-1-4-8-21)35(32,33)23-14-12-20(28)13-15-23/h1-17H,18H2,(H,29,31).